The van der Waals surface area contributed by atoms with Crippen molar-refractivity contribution in [3.05, 3.63) is 54.2 Å². The summed E-state index contributed by atoms with van der Waals surface area (Å²) in [5.74, 6) is 1.21. The molecule has 1 aliphatic rings. The number of hydrogen-bond acceptors (Lipinski definition) is 10. The fourth-order valence-corrected chi connectivity index (χ4v) is 4.21. The van der Waals surface area contributed by atoms with Gasteiger partial charge in [-0.2, -0.15) is 10.2 Å². The van der Waals surface area contributed by atoms with Crippen molar-refractivity contribution in [1.29, 1.82) is 5.26 Å². The highest BCUT2D eigenvalue weighted by molar-refractivity contribution is 5.92. The molecule has 0 bridgehead atoms. The summed E-state index contributed by atoms with van der Waals surface area (Å²) in [6.45, 7) is 13.0. The second-order valence-corrected chi connectivity index (χ2v) is 11.1. The Morgan fingerprint density at radius 1 is 1.02 bits per heavy atom. The summed E-state index contributed by atoms with van der Waals surface area (Å²) < 4.78 is 11.4. The lowest BCUT2D eigenvalue weighted by Gasteiger charge is -2.34. The van der Waals surface area contributed by atoms with E-state index in [1.807, 2.05) is 77.1 Å². The van der Waals surface area contributed by atoms with Crippen LogP contribution in [-0.4, -0.2) is 65.9 Å². The molecule has 0 radical (unpaired) electrons. The van der Waals surface area contributed by atoms with Crippen molar-refractivity contribution in [3.8, 4) is 11.8 Å². The van der Waals surface area contributed by atoms with E-state index in [9.17, 15) is 10.1 Å². The van der Waals surface area contributed by atoms with Crippen molar-refractivity contribution < 1.29 is 14.3 Å². The maximum Gasteiger partial charge on any atom is 0.412 e. The minimum atomic E-state index is -0.654. The molecular weight excluding hydrogens is 520 g/mol. The van der Waals surface area contributed by atoms with Crippen LogP contribution in [0.25, 0.3) is 0 Å². The van der Waals surface area contributed by atoms with Gasteiger partial charge < -0.3 is 29.9 Å². The predicted molar refractivity (Wildman–Crippen MR) is 162 cm³/mol. The van der Waals surface area contributed by atoms with E-state index in [2.05, 4.69) is 48.8 Å². The van der Waals surface area contributed by atoms with Crippen LogP contribution in [0.3, 0.4) is 0 Å². The second-order valence-electron chi connectivity index (χ2n) is 11.1. The lowest BCUT2D eigenvalue weighted by molar-refractivity contribution is 0.0636. The average molecular weight is 559 g/mol. The number of carbonyl (C=O) groups excluding carboxylic acids is 1. The van der Waals surface area contributed by atoms with Crippen molar-refractivity contribution in [2.24, 2.45) is 0 Å². The molecule has 1 amide bonds. The molecule has 1 aliphatic heterocycles. The molecule has 11 heteroatoms. The van der Waals surface area contributed by atoms with Crippen molar-refractivity contribution in [2.45, 2.75) is 46.3 Å². The average Bonchev–Trinajstić information content (AvgIpc) is 2.90. The molecule has 0 atom stereocenters. The molecule has 3 aromatic rings. The Kier molecular flexibility index (Phi) is 9.14. The van der Waals surface area contributed by atoms with Gasteiger partial charge in [-0.25, -0.2) is 9.78 Å². The van der Waals surface area contributed by atoms with Gasteiger partial charge >= 0.3 is 6.09 Å². The molecule has 11 nitrogen and oxygen atoms in total. The Balaban J connectivity index is 1.63. The molecule has 4 rings (SSSR count). The Hall–Kier alpha value is -4.56. The number of piperazine rings is 1. The van der Waals surface area contributed by atoms with Crippen molar-refractivity contribution in [2.75, 3.05) is 54.1 Å². The Morgan fingerprint density at radius 2 is 1.76 bits per heavy atom. The van der Waals surface area contributed by atoms with Crippen LogP contribution < -0.4 is 25.6 Å². The maximum absolute atomic E-state index is 12.7. The zero-order valence-electron chi connectivity index (χ0n) is 24.5. The first-order valence-corrected chi connectivity index (χ1v) is 13.6. The number of anilines is 6. The van der Waals surface area contributed by atoms with Crippen LogP contribution in [0, 0.1) is 11.3 Å². The van der Waals surface area contributed by atoms with Gasteiger partial charge in [0.05, 0.1) is 29.4 Å². The Bertz CT molecular complexity index is 1410. The lowest BCUT2D eigenvalue weighted by Crippen LogP contribution is -2.44. The van der Waals surface area contributed by atoms with E-state index in [4.69, 9.17) is 9.47 Å². The highest BCUT2D eigenvalue weighted by atomic mass is 16.6. The van der Waals surface area contributed by atoms with Crippen molar-refractivity contribution in [3.63, 3.8) is 0 Å². The molecule has 2 heterocycles. The van der Waals surface area contributed by atoms with E-state index in [1.54, 1.807) is 0 Å². The molecule has 41 heavy (non-hydrogen) atoms. The van der Waals surface area contributed by atoms with Crippen molar-refractivity contribution >= 4 is 40.6 Å². The third-order valence-electron chi connectivity index (χ3n) is 6.17. The number of carbonyl (C=O) groups is 1. The van der Waals surface area contributed by atoms with E-state index < -0.39 is 11.7 Å². The van der Waals surface area contributed by atoms with Crippen LogP contribution >= 0.6 is 0 Å². The molecule has 2 aromatic carbocycles. The van der Waals surface area contributed by atoms with Gasteiger partial charge in [0.15, 0.2) is 5.82 Å². The number of hydrogen-bond donors (Lipinski definition) is 3. The summed E-state index contributed by atoms with van der Waals surface area (Å²) in [5, 5.41) is 19.0. The topological polar surface area (TPSA) is 128 Å². The zero-order valence-corrected chi connectivity index (χ0v) is 24.5. The highest BCUT2D eigenvalue weighted by Crippen LogP contribution is 2.32. The van der Waals surface area contributed by atoms with Crippen LogP contribution in [0.2, 0.25) is 0 Å². The maximum atomic E-state index is 12.7. The van der Waals surface area contributed by atoms with Gasteiger partial charge in [-0.3, -0.25) is 5.32 Å². The molecule has 0 unspecified atom stereocenters. The first kappa shape index (κ1) is 29.4. The summed E-state index contributed by atoms with van der Waals surface area (Å²) in [6.07, 6.45) is 0.852. The number of nitriles is 1. The van der Waals surface area contributed by atoms with Crippen LogP contribution in [0.5, 0.6) is 5.75 Å². The van der Waals surface area contributed by atoms with Crippen LogP contribution in [0.15, 0.2) is 48.7 Å². The smallest absolute Gasteiger partial charge is 0.412 e. The predicted octanol–water partition coefficient (Wildman–Crippen LogP) is 5.72. The minimum absolute atomic E-state index is 0.0271. The third-order valence-corrected chi connectivity index (χ3v) is 6.17. The van der Waals surface area contributed by atoms with E-state index >= 15 is 0 Å². The first-order valence-electron chi connectivity index (χ1n) is 13.6. The highest BCUT2D eigenvalue weighted by Gasteiger charge is 2.20. The fourth-order valence-electron chi connectivity index (χ4n) is 4.21. The molecule has 1 aromatic heterocycles. The van der Waals surface area contributed by atoms with Gasteiger partial charge in [-0.1, -0.05) is 12.1 Å². The molecule has 1 saturated heterocycles. The monoisotopic (exact) mass is 558 g/mol. The minimum Gasteiger partial charge on any atom is -0.489 e. The molecule has 0 aliphatic carbocycles. The van der Waals surface area contributed by atoms with Gasteiger partial charge in [0.1, 0.15) is 23.0 Å². The number of para-hydroxylation sites is 2. The summed E-state index contributed by atoms with van der Waals surface area (Å²) in [6, 6.07) is 15.4. The number of amides is 1. The van der Waals surface area contributed by atoms with Crippen LogP contribution in [-0.2, 0) is 4.74 Å². The van der Waals surface area contributed by atoms with Gasteiger partial charge in [-0.15, -0.1) is 0 Å². The molecule has 216 valence electrons. The summed E-state index contributed by atoms with van der Waals surface area (Å²) >= 11 is 0. The van der Waals surface area contributed by atoms with Gasteiger partial charge in [0.2, 0.25) is 5.95 Å². The molecule has 3 N–H and O–H groups in total. The standard InChI is InChI=1S/C30H38N8O3/c1-20(2)40-26-10-8-7-9-24(26)33-27-21(18-31)19-32-28(36-27)34-23-12-11-22(38-15-13-37(6)14-16-38)17-25(23)35-29(39)41-30(3,4)5/h7-12,17,19-20H,13-16H2,1-6H3,(H,35,39)(H2,32,33,34,36). The molecule has 0 saturated carbocycles. The first-order chi connectivity index (χ1) is 19.5. The Labute approximate surface area is 241 Å². The summed E-state index contributed by atoms with van der Waals surface area (Å²) in [5.41, 5.74) is 2.37. The SMILES string of the molecule is CC(C)Oc1ccccc1Nc1nc(Nc2ccc(N3CCN(C)CC3)cc2NC(=O)OC(C)(C)C)ncc1C#N. The number of nitrogens with zero attached hydrogens (tertiary/aromatic N) is 5. The molecule has 1 fully saturated rings. The third kappa shape index (κ3) is 8.22. The number of aromatic nitrogens is 2. The Morgan fingerprint density at radius 3 is 2.44 bits per heavy atom. The molecular formula is C30H38N8O3. The number of nitrogens with one attached hydrogen (secondary N) is 3. The molecule has 0 spiro atoms. The fraction of sp³-hybridized carbons (Fsp3) is 0.400. The van der Waals surface area contributed by atoms with Gasteiger partial charge in [0, 0.05) is 31.9 Å². The van der Waals surface area contributed by atoms with E-state index in [0.29, 0.717) is 28.6 Å². The zero-order chi connectivity index (χ0) is 29.6. The number of ether oxygens (including phenoxy) is 2. The summed E-state index contributed by atoms with van der Waals surface area (Å²) in [7, 11) is 2.11. The van der Waals surface area contributed by atoms with E-state index in [-0.39, 0.29) is 17.6 Å². The number of rotatable bonds is 8. The number of likely N-dealkylation sites (N-methyl/N-ethyl adjacent to an activating group) is 1. The number of benzene rings is 2. The van der Waals surface area contributed by atoms with Crippen molar-refractivity contribution in [1.82, 2.24) is 14.9 Å². The van der Waals surface area contributed by atoms with E-state index in [0.717, 1.165) is 31.9 Å². The van der Waals surface area contributed by atoms with Crippen LogP contribution in [0.4, 0.5) is 39.3 Å². The van der Waals surface area contributed by atoms with Gasteiger partial charge in [-0.05, 0) is 72.0 Å². The van der Waals surface area contributed by atoms with Crippen LogP contribution in [0.1, 0.15) is 40.2 Å². The van der Waals surface area contributed by atoms with E-state index in [1.165, 1.54) is 6.20 Å². The van der Waals surface area contributed by atoms with Gasteiger partial charge in [0.25, 0.3) is 0 Å². The second kappa shape index (κ2) is 12.7. The lowest BCUT2D eigenvalue weighted by atomic mass is 10.2. The normalized spacial score (nSPS) is 13.9. The summed E-state index contributed by atoms with van der Waals surface area (Å²) in [4.78, 5) is 26.2. The quantitative estimate of drug-likeness (QED) is 0.316. The largest absolute Gasteiger partial charge is 0.489 e.